The van der Waals surface area contributed by atoms with Crippen LogP contribution in [0.1, 0.15) is 34.6 Å². The summed E-state index contributed by atoms with van der Waals surface area (Å²) in [5.41, 5.74) is 0.769. The second-order valence-corrected chi connectivity index (χ2v) is 6.95. The standard InChI is InChI=1S/C22H24O6/c1-14-15(2)19(27-20(24)16-9-5-3-6-10-16)22(26-18(14)13-23)28-21(25)17-11-7-4-8-12-17/h3-12,14-15,18-19,22-23H,13H2,1-2H3/t14-,15-,18?,19?,22-/m0/s1. The molecule has 6 heteroatoms. The van der Waals surface area contributed by atoms with Crippen LogP contribution >= 0.6 is 0 Å². The molecule has 1 saturated heterocycles. The molecule has 1 fully saturated rings. The molecule has 1 aliphatic heterocycles. The van der Waals surface area contributed by atoms with E-state index in [0.29, 0.717) is 11.1 Å². The summed E-state index contributed by atoms with van der Waals surface area (Å²) in [4.78, 5) is 25.0. The zero-order valence-corrected chi connectivity index (χ0v) is 15.9. The first kappa shape index (κ1) is 20.0. The predicted molar refractivity (Wildman–Crippen MR) is 102 cm³/mol. The summed E-state index contributed by atoms with van der Waals surface area (Å²) in [6.45, 7) is 3.58. The van der Waals surface area contributed by atoms with E-state index in [0.717, 1.165) is 0 Å². The number of rotatable bonds is 5. The lowest BCUT2D eigenvalue weighted by atomic mass is 9.83. The molecule has 0 saturated carbocycles. The Labute approximate surface area is 164 Å². The predicted octanol–water partition coefficient (Wildman–Crippen LogP) is 3.06. The van der Waals surface area contributed by atoms with Gasteiger partial charge in [-0.1, -0.05) is 50.2 Å². The van der Waals surface area contributed by atoms with Gasteiger partial charge in [0.05, 0.1) is 23.8 Å². The normalized spacial score (nSPS) is 27.0. The van der Waals surface area contributed by atoms with Gasteiger partial charge in [0, 0.05) is 5.92 Å². The molecular weight excluding hydrogens is 360 g/mol. The summed E-state index contributed by atoms with van der Waals surface area (Å²) in [7, 11) is 0. The molecule has 148 valence electrons. The molecule has 6 nitrogen and oxygen atoms in total. The van der Waals surface area contributed by atoms with Gasteiger partial charge in [-0.05, 0) is 30.2 Å². The molecule has 3 rings (SSSR count). The molecule has 0 bridgehead atoms. The number of aliphatic hydroxyl groups is 1. The quantitative estimate of drug-likeness (QED) is 0.798. The highest BCUT2D eigenvalue weighted by atomic mass is 16.7. The van der Waals surface area contributed by atoms with Crippen molar-refractivity contribution in [2.75, 3.05) is 6.61 Å². The van der Waals surface area contributed by atoms with Gasteiger partial charge >= 0.3 is 11.9 Å². The van der Waals surface area contributed by atoms with Crippen LogP contribution in [0.3, 0.4) is 0 Å². The Balaban J connectivity index is 1.80. The molecule has 2 aromatic carbocycles. The van der Waals surface area contributed by atoms with Crippen LogP contribution in [0.25, 0.3) is 0 Å². The molecule has 1 heterocycles. The molecule has 1 N–H and O–H groups in total. The van der Waals surface area contributed by atoms with E-state index >= 15 is 0 Å². The number of carbonyl (C=O) groups is 2. The maximum atomic E-state index is 12.5. The van der Waals surface area contributed by atoms with Crippen molar-refractivity contribution in [1.29, 1.82) is 0 Å². The highest BCUT2D eigenvalue weighted by Gasteiger charge is 2.45. The second kappa shape index (κ2) is 8.99. The Hall–Kier alpha value is -2.70. The maximum absolute atomic E-state index is 12.5. The van der Waals surface area contributed by atoms with Gasteiger partial charge in [-0.25, -0.2) is 9.59 Å². The maximum Gasteiger partial charge on any atom is 0.340 e. The van der Waals surface area contributed by atoms with Gasteiger partial charge < -0.3 is 19.3 Å². The molecule has 1 aliphatic rings. The summed E-state index contributed by atoms with van der Waals surface area (Å²) in [6, 6.07) is 17.1. The van der Waals surface area contributed by atoms with Crippen LogP contribution in [0, 0.1) is 11.8 Å². The minimum Gasteiger partial charge on any atom is -0.452 e. The number of hydrogen-bond acceptors (Lipinski definition) is 6. The Morgan fingerprint density at radius 3 is 1.86 bits per heavy atom. The van der Waals surface area contributed by atoms with Crippen LogP contribution in [0.5, 0.6) is 0 Å². The van der Waals surface area contributed by atoms with Crippen molar-refractivity contribution in [3.63, 3.8) is 0 Å². The van der Waals surface area contributed by atoms with E-state index in [1.165, 1.54) is 0 Å². The topological polar surface area (TPSA) is 82.1 Å². The van der Waals surface area contributed by atoms with Gasteiger partial charge in [0.2, 0.25) is 6.29 Å². The summed E-state index contributed by atoms with van der Waals surface area (Å²) < 4.78 is 17.0. The number of carbonyl (C=O) groups excluding carboxylic acids is 2. The van der Waals surface area contributed by atoms with E-state index in [4.69, 9.17) is 14.2 Å². The van der Waals surface area contributed by atoms with Crippen molar-refractivity contribution in [2.24, 2.45) is 11.8 Å². The molecule has 2 aromatic rings. The zero-order chi connectivity index (χ0) is 20.1. The minimum absolute atomic E-state index is 0.0924. The largest absolute Gasteiger partial charge is 0.452 e. The molecule has 28 heavy (non-hydrogen) atoms. The minimum atomic E-state index is -1.11. The van der Waals surface area contributed by atoms with Gasteiger partial charge in [-0.15, -0.1) is 0 Å². The van der Waals surface area contributed by atoms with Crippen LogP contribution in [-0.4, -0.2) is 42.1 Å². The van der Waals surface area contributed by atoms with E-state index in [9.17, 15) is 14.7 Å². The van der Waals surface area contributed by atoms with Crippen LogP contribution in [0.2, 0.25) is 0 Å². The average Bonchev–Trinajstić information content (AvgIpc) is 2.74. The highest BCUT2D eigenvalue weighted by molar-refractivity contribution is 5.90. The summed E-state index contributed by atoms with van der Waals surface area (Å²) in [6.07, 6.45) is -2.42. The van der Waals surface area contributed by atoms with Crippen molar-refractivity contribution in [1.82, 2.24) is 0 Å². The second-order valence-electron chi connectivity index (χ2n) is 6.95. The van der Waals surface area contributed by atoms with Crippen molar-refractivity contribution in [3.05, 3.63) is 71.8 Å². The first-order chi connectivity index (χ1) is 13.5. The first-order valence-corrected chi connectivity index (χ1v) is 9.29. The summed E-state index contributed by atoms with van der Waals surface area (Å²) in [5.74, 6) is -1.38. The zero-order valence-electron chi connectivity index (χ0n) is 15.9. The van der Waals surface area contributed by atoms with Gasteiger partial charge in [0.25, 0.3) is 0 Å². The highest BCUT2D eigenvalue weighted by Crippen LogP contribution is 2.34. The molecule has 5 atom stereocenters. The fraction of sp³-hybridized carbons (Fsp3) is 0.364. The number of benzene rings is 2. The number of hydrogen-bond donors (Lipinski definition) is 1. The SMILES string of the molecule is C[C@@H]1C(CO)O[C@@H](OC(=O)c2ccccc2)C(OC(=O)c2ccccc2)[C@H]1C. The van der Waals surface area contributed by atoms with E-state index < -0.39 is 30.4 Å². The van der Waals surface area contributed by atoms with Crippen molar-refractivity contribution in [2.45, 2.75) is 32.3 Å². The lowest BCUT2D eigenvalue weighted by Crippen LogP contribution is -2.53. The van der Waals surface area contributed by atoms with Crippen LogP contribution < -0.4 is 0 Å². The molecule has 0 radical (unpaired) electrons. The Morgan fingerprint density at radius 1 is 0.857 bits per heavy atom. The fourth-order valence-electron chi connectivity index (χ4n) is 3.24. The average molecular weight is 384 g/mol. The molecule has 2 unspecified atom stereocenters. The van der Waals surface area contributed by atoms with Crippen molar-refractivity contribution in [3.8, 4) is 0 Å². The monoisotopic (exact) mass is 384 g/mol. The van der Waals surface area contributed by atoms with Crippen molar-refractivity contribution < 1.29 is 28.9 Å². The molecule has 0 aliphatic carbocycles. The van der Waals surface area contributed by atoms with Gasteiger partial charge in [-0.2, -0.15) is 0 Å². The third-order valence-corrected chi connectivity index (χ3v) is 5.18. The number of ether oxygens (including phenoxy) is 3. The Bertz CT molecular complexity index is 791. The van der Waals surface area contributed by atoms with Crippen LogP contribution in [-0.2, 0) is 14.2 Å². The molecule has 0 amide bonds. The fourth-order valence-corrected chi connectivity index (χ4v) is 3.24. The summed E-state index contributed by atoms with van der Waals surface area (Å²) >= 11 is 0. The van der Waals surface area contributed by atoms with Gasteiger partial charge in [0.15, 0.2) is 6.10 Å². The lowest BCUT2D eigenvalue weighted by molar-refractivity contribution is -0.254. The molecular formula is C22H24O6. The van der Waals surface area contributed by atoms with Gasteiger partial charge in [0.1, 0.15) is 0 Å². The first-order valence-electron chi connectivity index (χ1n) is 9.29. The van der Waals surface area contributed by atoms with E-state index in [-0.39, 0.29) is 18.4 Å². The Kier molecular flexibility index (Phi) is 6.44. The van der Waals surface area contributed by atoms with Gasteiger partial charge in [-0.3, -0.25) is 0 Å². The lowest BCUT2D eigenvalue weighted by Gasteiger charge is -2.42. The van der Waals surface area contributed by atoms with Crippen molar-refractivity contribution >= 4 is 11.9 Å². The van der Waals surface area contributed by atoms with E-state index in [1.54, 1.807) is 54.6 Å². The smallest absolute Gasteiger partial charge is 0.340 e. The molecule has 0 aromatic heterocycles. The van der Waals surface area contributed by atoms with E-state index in [1.807, 2.05) is 19.9 Å². The Morgan fingerprint density at radius 2 is 1.36 bits per heavy atom. The third-order valence-electron chi connectivity index (χ3n) is 5.18. The van der Waals surface area contributed by atoms with E-state index in [2.05, 4.69) is 0 Å². The number of esters is 2. The molecule has 0 spiro atoms. The summed E-state index contributed by atoms with van der Waals surface area (Å²) in [5, 5.41) is 9.62. The van der Waals surface area contributed by atoms with Crippen LogP contribution in [0.4, 0.5) is 0 Å². The van der Waals surface area contributed by atoms with Crippen LogP contribution in [0.15, 0.2) is 60.7 Å². The third kappa shape index (κ3) is 4.40. The number of aliphatic hydroxyl groups excluding tert-OH is 1.